The van der Waals surface area contributed by atoms with Crippen molar-refractivity contribution < 1.29 is 0 Å². The summed E-state index contributed by atoms with van der Waals surface area (Å²) < 4.78 is 1.41. The lowest BCUT2D eigenvalue weighted by atomic mass is 10.4. The highest BCUT2D eigenvalue weighted by Gasteiger charge is 2.06. The van der Waals surface area contributed by atoms with Gasteiger partial charge in [0.1, 0.15) is 5.82 Å². The third-order valence-electron chi connectivity index (χ3n) is 1.56. The zero-order valence-corrected chi connectivity index (χ0v) is 10.0. The van der Waals surface area contributed by atoms with Crippen LogP contribution in [0.4, 0.5) is 5.82 Å². The first-order chi connectivity index (χ1) is 6.66. The molecule has 2 N–H and O–H groups in total. The Bertz CT molecular complexity index is 471. The molecule has 0 fully saturated rings. The fourth-order valence-electron chi connectivity index (χ4n) is 0.934. The fourth-order valence-corrected chi connectivity index (χ4v) is 2.11. The van der Waals surface area contributed by atoms with Crippen LogP contribution in [0.5, 0.6) is 0 Å². The molecule has 2 rings (SSSR count). The molecule has 0 bridgehead atoms. The minimum Gasteiger partial charge on any atom is -0.383 e. The monoisotopic (exact) mass is 289 g/mol. The zero-order valence-electron chi connectivity index (χ0n) is 6.87. The summed E-state index contributed by atoms with van der Waals surface area (Å²) in [5, 5.41) is 0. The third-order valence-corrected chi connectivity index (χ3v) is 3.40. The van der Waals surface area contributed by atoms with Crippen molar-refractivity contribution in [3.05, 3.63) is 27.1 Å². The Kier molecular flexibility index (Phi) is 2.71. The van der Waals surface area contributed by atoms with Crippen molar-refractivity contribution >= 4 is 44.7 Å². The Balaban J connectivity index is 2.47. The molecule has 0 atom stereocenters. The first kappa shape index (κ1) is 9.89. The molecule has 3 nitrogen and oxygen atoms in total. The van der Waals surface area contributed by atoms with Gasteiger partial charge in [-0.2, -0.15) is 0 Å². The molecule has 0 aliphatic rings. The van der Waals surface area contributed by atoms with Crippen molar-refractivity contribution in [2.24, 2.45) is 0 Å². The summed E-state index contributed by atoms with van der Waals surface area (Å²) in [6.45, 7) is 0. The molecule has 2 aromatic rings. The second-order valence-corrected chi connectivity index (χ2v) is 5.10. The topological polar surface area (TPSA) is 51.8 Å². The minimum atomic E-state index is 0.430. The summed E-state index contributed by atoms with van der Waals surface area (Å²) >= 11 is 10.5. The molecule has 2 aromatic heterocycles. The zero-order chi connectivity index (χ0) is 10.1. The summed E-state index contributed by atoms with van der Waals surface area (Å²) in [6.07, 6.45) is 1.63. The van der Waals surface area contributed by atoms with Gasteiger partial charge >= 0.3 is 0 Å². The van der Waals surface area contributed by atoms with Crippen molar-refractivity contribution in [2.75, 3.05) is 5.73 Å². The number of thiophene rings is 1. The summed E-state index contributed by atoms with van der Waals surface area (Å²) in [5.41, 5.74) is 5.64. The quantitative estimate of drug-likeness (QED) is 0.877. The van der Waals surface area contributed by atoms with E-state index in [2.05, 4.69) is 25.9 Å². The highest BCUT2D eigenvalue weighted by Crippen LogP contribution is 2.29. The third kappa shape index (κ3) is 1.89. The van der Waals surface area contributed by atoms with Gasteiger partial charge in [0.2, 0.25) is 0 Å². The lowest BCUT2D eigenvalue weighted by Gasteiger charge is -1.98. The van der Waals surface area contributed by atoms with E-state index >= 15 is 0 Å². The summed E-state index contributed by atoms with van der Waals surface area (Å²) in [6, 6.07) is 3.68. The van der Waals surface area contributed by atoms with Crippen molar-refractivity contribution in [1.82, 2.24) is 9.97 Å². The van der Waals surface area contributed by atoms with Gasteiger partial charge in [0.05, 0.1) is 13.7 Å². The Morgan fingerprint density at radius 3 is 2.79 bits per heavy atom. The molecule has 6 heteroatoms. The molecule has 0 spiro atoms. The Labute approximate surface area is 98.1 Å². The van der Waals surface area contributed by atoms with E-state index in [1.54, 1.807) is 6.20 Å². The molecule has 14 heavy (non-hydrogen) atoms. The average molecular weight is 291 g/mol. The molecular weight excluding hydrogens is 286 g/mol. The molecule has 72 valence electrons. The number of halogens is 2. The highest BCUT2D eigenvalue weighted by molar-refractivity contribution is 9.10. The number of anilines is 1. The van der Waals surface area contributed by atoms with Gasteiger partial charge in [0.15, 0.2) is 5.82 Å². The highest BCUT2D eigenvalue weighted by atomic mass is 79.9. The molecule has 0 amide bonds. The molecule has 0 aromatic carbocycles. The van der Waals surface area contributed by atoms with E-state index in [0.29, 0.717) is 20.5 Å². The lowest BCUT2D eigenvalue weighted by molar-refractivity contribution is 1.18. The van der Waals surface area contributed by atoms with Crippen LogP contribution in [0, 0.1) is 0 Å². The van der Waals surface area contributed by atoms with Gasteiger partial charge in [-0.15, -0.1) is 11.3 Å². The van der Waals surface area contributed by atoms with Gasteiger partial charge < -0.3 is 5.73 Å². The van der Waals surface area contributed by atoms with Crippen LogP contribution in [-0.4, -0.2) is 9.97 Å². The number of hydrogen-bond donors (Lipinski definition) is 1. The number of nitrogen functional groups attached to an aromatic ring is 1. The maximum absolute atomic E-state index is 5.80. The Morgan fingerprint density at radius 2 is 2.21 bits per heavy atom. The van der Waals surface area contributed by atoms with E-state index in [4.69, 9.17) is 17.3 Å². The summed E-state index contributed by atoms with van der Waals surface area (Å²) in [5.74, 6) is 1.03. The van der Waals surface area contributed by atoms with E-state index < -0.39 is 0 Å². The molecule has 0 radical (unpaired) electrons. The molecule has 0 saturated carbocycles. The van der Waals surface area contributed by atoms with E-state index in [9.17, 15) is 0 Å². The normalized spacial score (nSPS) is 10.4. The van der Waals surface area contributed by atoms with Gasteiger partial charge in [-0.1, -0.05) is 11.6 Å². The maximum atomic E-state index is 5.80. The molecule has 0 unspecified atom stereocenters. The van der Waals surface area contributed by atoms with Gasteiger partial charge in [-0.3, -0.25) is 0 Å². The Hall–Kier alpha value is -0.650. The summed E-state index contributed by atoms with van der Waals surface area (Å²) in [7, 11) is 0. The van der Waals surface area contributed by atoms with E-state index in [0.717, 1.165) is 4.88 Å². The lowest BCUT2D eigenvalue weighted by Crippen LogP contribution is -1.95. The minimum absolute atomic E-state index is 0.430. The van der Waals surface area contributed by atoms with Crippen LogP contribution in [-0.2, 0) is 0 Å². The van der Waals surface area contributed by atoms with Crippen molar-refractivity contribution in [1.29, 1.82) is 0 Å². The largest absolute Gasteiger partial charge is 0.383 e. The number of nitrogens with two attached hydrogens (primary N) is 1. The molecule has 2 heterocycles. The first-order valence-electron chi connectivity index (χ1n) is 3.70. The van der Waals surface area contributed by atoms with Crippen LogP contribution in [0.3, 0.4) is 0 Å². The number of rotatable bonds is 1. The second kappa shape index (κ2) is 3.84. The van der Waals surface area contributed by atoms with E-state index in [-0.39, 0.29) is 0 Å². The maximum Gasteiger partial charge on any atom is 0.171 e. The van der Waals surface area contributed by atoms with Gasteiger partial charge in [-0.05, 0) is 28.1 Å². The van der Waals surface area contributed by atoms with Crippen molar-refractivity contribution in [3.63, 3.8) is 0 Å². The van der Waals surface area contributed by atoms with E-state index in [1.165, 1.54) is 11.3 Å². The predicted octanol–water partition coefficient (Wildman–Crippen LogP) is 3.20. The smallest absolute Gasteiger partial charge is 0.171 e. The summed E-state index contributed by atoms with van der Waals surface area (Å²) in [4.78, 5) is 9.18. The van der Waals surface area contributed by atoms with Gasteiger partial charge in [-0.25, -0.2) is 9.97 Å². The van der Waals surface area contributed by atoms with Crippen LogP contribution in [0.25, 0.3) is 10.7 Å². The molecular formula is C8H5BrClN3S. The fraction of sp³-hybridized carbons (Fsp3) is 0. The van der Waals surface area contributed by atoms with Crippen LogP contribution < -0.4 is 5.73 Å². The number of aromatic nitrogens is 2. The molecule has 0 aliphatic heterocycles. The average Bonchev–Trinajstić information content (AvgIpc) is 2.57. The second-order valence-electron chi connectivity index (χ2n) is 2.53. The van der Waals surface area contributed by atoms with E-state index in [1.807, 2.05) is 12.1 Å². The van der Waals surface area contributed by atoms with Crippen LogP contribution in [0.15, 0.2) is 22.8 Å². The van der Waals surface area contributed by atoms with Gasteiger partial charge in [0, 0.05) is 6.20 Å². The van der Waals surface area contributed by atoms with Crippen LogP contribution >= 0.6 is 38.9 Å². The molecule has 0 saturated heterocycles. The van der Waals surface area contributed by atoms with Gasteiger partial charge in [0.25, 0.3) is 0 Å². The number of nitrogens with zero attached hydrogens (tertiary/aromatic N) is 2. The SMILES string of the molecule is Nc1nc(-c2ccc(Cl)s2)ncc1Br. The molecule has 0 aliphatic carbocycles. The van der Waals surface area contributed by atoms with Crippen LogP contribution in [0.2, 0.25) is 4.34 Å². The Morgan fingerprint density at radius 1 is 1.43 bits per heavy atom. The predicted molar refractivity (Wildman–Crippen MR) is 62.5 cm³/mol. The van der Waals surface area contributed by atoms with Crippen molar-refractivity contribution in [2.45, 2.75) is 0 Å². The standard InChI is InChI=1S/C8H5BrClN3S/c9-4-3-12-8(13-7(4)11)5-1-2-6(10)14-5/h1-3H,(H2,11,12,13). The first-order valence-corrected chi connectivity index (χ1v) is 5.69. The van der Waals surface area contributed by atoms with Crippen molar-refractivity contribution in [3.8, 4) is 10.7 Å². The van der Waals surface area contributed by atoms with Crippen LogP contribution in [0.1, 0.15) is 0 Å². The number of hydrogen-bond acceptors (Lipinski definition) is 4.